The molecule has 0 saturated carbocycles. The molecule has 2 aromatic rings. The monoisotopic (exact) mass is 192 g/mol. The number of rotatable bonds is 2. The quantitative estimate of drug-likeness (QED) is 0.774. The number of aromatic nitrogens is 3. The lowest BCUT2D eigenvalue weighted by Gasteiger charge is -1.94. The highest BCUT2D eigenvalue weighted by molar-refractivity contribution is 7.05. The van der Waals surface area contributed by atoms with E-state index in [1.54, 1.807) is 12.4 Å². The van der Waals surface area contributed by atoms with Gasteiger partial charge in [-0.1, -0.05) is 0 Å². The highest BCUT2D eigenvalue weighted by Crippen LogP contribution is 2.11. The van der Waals surface area contributed by atoms with Gasteiger partial charge in [0.25, 0.3) is 0 Å². The Hall–Kier alpha value is -1.49. The fourth-order valence-electron chi connectivity index (χ4n) is 1.02. The van der Waals surface area contributed by atoms with E-state index in [9.17, 15) is 0 Å². The fraction of sp³-hybridized carbons (Fsp3) is 0.125. The van der Waals surface area contributed by atoms with Crippen molar-refractivity contribution in [3.05, 3.63) is 35.1 Å². The van der Waals surface area contributed by atoms with E-state index in [4.69, 9.17) is 5.73 Å². The van der Waals surface area contributed by atoms with Crippen molar-refractivity contribution in [2.45, 2.75) is 6.42 Å². The summed E-state index contributed by atoms with van der Waals surface area (Å²) in [4.78, 5) is 8.01. The van der Waals surface area contributed by atoms with Crippen LogP contribution in [0.25, 0.3) is 0 Å². The molecule has 0 unspecified atom stereocenters. The Morgan fingerprint density at radius 2 is 2.08 bits per heavy atom. The zero-order chi connectivity index (χ0) is 9.10. The maximum atomic E-state index is 5.41. The molecule has 66 valence electrons. The molecule has 0 aromatic carbocycles. The molecule has 0 radical (unpaired) electrons. The Morgan fingerprint density at radius 3 is 2.69 bits per heavy atom. The van der Waals surface area contributed by atoms with Crippen LogP contribution in [-0.4, -0.2) is 14.3 Å². The summed E-state index contributed by atoms with van der Waals surface area (Å²) >= 11 is 1.34. The summed E-state index contributed by atoms with van der Waals surface area (Å²) < 4.78 is 3.91. The second-order valence-corrected chi connectivity index (χ2v) is 3.41. The van der Waals surface area contributed by atoms with Gasteiger partial charge in [-0.15, -0.1) is 0 Å². The van der Waals surface area contributed by atoms with Crippen LogP contribution in [0.1, 0.15) is 10.6 Å². The van der Waals surface area contributed by atoms with Crippen molar-refractivity contribution in [2.24, 2.45) is 0 Å². The molecule has 0 aliphatic heterocycles. The minimum Gasteiger partial charge on any atom is -0.367 e. The van der Waals surface area contributed by atoms with Crippen molar-refractivity contribution in [2.75, 3.05) is 5.73 Å². The van der Waals surface area contributed by atoms with Crippen molar-refractivity contribution < 1.29 is 0 Å². The average Bonchev–Trinajstić information content (AvgIpc) is 2.53. The van der Waals surface area contributed by atoms with Gasteiger partial charge in [0.2, 0.25) is 5.95 Å². The van der Waals surface area contributed by atoms with Crippen LogP contribution in [0.3, 0.4) is 0 Å². The molecule has 0 aliphatic rings. The minimum absolute atomic E-state index is 0.356. The first kappa shape index (κ1) is 8.12. The average molecular weight is 192 g/mol. The molecule has 2 heterocycles. The van der Waals surface area contributed by atoms with Gasteiger partial charge >= 0.3 is 0 Å². The number of anilines is 1. The van der Waals surface area contributed by atoms with Crippen LogP contribution in [0.15, 0.2) is 24.5 Å². The molecule has 0 saturated heterocycles. The van der Waals surface area contributed by atoms with E-state index in [0.29, 0.717) is 5.95 Å². The molecule has 0 aliphatic carbocycles. The molecule has 13 heavy (non-hydrogen) atoms. The van der Waals surface area contributed by atoms with Crippen LogP contribution < -0.4 is 5.73 Å². The Kier molecular flexibility index (Phi) is 2.18. The number of nitrogens with zero attached hydrogens (tertiary/aromatic N) is 3. The summed E-state index contributed by atoms with van der Waals surface area (Å²) in [6, 6.07) is 3.91. The second kappa shape index (κ2) is 3.49. The van der Waals surface area contributed by atoms with Gasteiger partial charge < -0.3 is 5.73 Å². The third kappa shape index (κ3) is 2.00. The highest BCUT2D eigenvalue weighted by Gasteiger charge is 2.01. The number of hydrogen-bond acceptors (Lipinski definition) is 5. The SMILES string of the molecule is Nc1nsc(Cc2ccncc2)n1. The number of nitrogens with two attached hydrogens (primary N) is 1. The van der Waals surface area contributed by atoms with E-state index in [-0.39, 0.29) is 0 Å². The van der Waals surface area contributed by atoms with Crippen LogP contribution in [0.2, 0.25) is 0 Å². The third-order valence-corrected chi connectivity index (χ3v) is 2.31. The Morgan fingerprint density at radius 1 is 1.31 bits per heavy atom. The van der Waals surface area contributed by atoms with Crippen LogP contribution in [-0.2, 0) is 6.42 Å². The van der Waals surface area contributed by atoms with Gasteiger partial charge in [0, 0.05) is 18.8 Å². The third-order valence-electron chi connectivity index (χ3n) is 1.59. The molecule has 5 heteroatoms. The fourth-order valence-corrected chi connectivity index (χ4v) is 1.62. The number of nitrogen functional groups attached to an aromatic ring is 1. The number of pyridine rings is 1. The van der Waals surface area contributed by atoms with Crippen LogP contribution >= 0.6 is 11.5 Å². The summed E-state index contributed by atoms with van der Waals surface area (Å²) in [5, 5.41) is 0.934. The van der Waals surface area contributed by atoms with Gasteiger partial charge in [-0.05, 0) is 29.2 Å². The molecular formula is C8H8N4S. The lowest BCUT2D eigenvalue weighted by atomic mass is 10.2. The Labute approximate surface area is 79.6 Å². The second-order valence-electron chi connectivity index (χ2n) is 2.58. The van der Waals surface area contributed by atoms with Crippen molar-refractivity contribution in [3.8, 4) is 0 Å². The maximum Gasteiger partial charge on any atom is 0.232 e. The van der Waals surface area contributed by atoms with E-state index in [1.165, 1.54) is 17.1 Å². The van der Waals surface area contributed by atoms with Crippen molar-refractivity contribution in [3.63, 3.8) is 0 Å². The molecule has 0 bridgehead atoms. The first-order valence-electron chi connectivity index (χ1n) is 3.81. The summed E-state index contributed by atoms with van der Waals surface area (Å²) in [5.41, 5.74) is 6.58. The standard InChI is InChI=1S/C8H8N4S/c9-8-11-7(13-12-8)5-6-1-3-10-4-2-6/h1-4H,5H2,(H2,9,12). The van der Waals surface area contributed by atoms with Crippen LogP contribution in [0.5, 0.6) is 0 Å². The molecule has 2 rings (SSSR count). The first-order valence-corrected chi connectivity index (χ1v) is 4.59. The molecule has 0 amide bonds. The Balaban J connectivity index is 2.15. The van der Waals surface area contributed by atoms with Gasteiger partial charge in [0.1, 0.15) is 5.01 Å². The molecule has 0 atom stereocenters. The minimum atomic E-state index is 0.356. The lowest BCUT2D eigenvalue weighted by molar-refractivity contribution is 1.12. The summed E-state index contributed by atoms with van der Waals surface area (Å²) in [6.45, 7) is 0. The van der Waals surface area contributed by atoms with Crippen molar-refractivity contribution in [1.29, 1.82) is 0 Å². The predicted octanol–water partition coefficient (Wildman–Crippen LogP) is 1.11. The molecule has 4 nitrogen and oxygen atoms in total. The normalized spacial score (nSPS) is 10.2. The van der Waals surface area contributed by atoms with Gasteiger partial charge in [-0.3, -0.25) is 4.98 Å². The van der Waals surface area contributed by atoms with Crippen molar-refractivity contribution >= 4 is 17.5 Å². The van der Waals surface area contributed by atoms with Gasteiger partial charge in [-0.25, -0.2) is 4.98 Å². The smallest absolute Gasteiger partial charge is 0.232 e. The molecule has 0 spiro atoms. The Bertz CT molecular complexity index is 384. The zero-order valence-electron chi connectivity index (χ0n) is 6.84. The van der Waals surface area contributed by atoms with Crippen LogP contribution in [0, 0.1) is 0 Å². The van der Waals surface area contributed by atoms with E-state index < -0.39 is 0 Å². The highest BCUT2D eigenvalue weighted by atomic mass is 32.1. The number of hydrogen-bond donors (Lipinski definition) is 1. The van der Waals surface area contributed by atoms with Gasteiger partial charge in [-0.2, -0.15) is 4.37 Å². The topological polar surface area (TPSA) is 64.7 Å². The van der Waals surface area contributed by atoms with E-state index in [1.807, 2.05) is 12.1 Å². The summed E-state index contributed by atoms with van der Waals surface area (Å²) in [7, 11) is 0. The molecular weight excluding hydrogens is 184 g/mol. The van der Waals surface area contributed by atoms with E-state index in [2.05, 4.69) is 14.3 Å². The van der Waals surface area contributed by atoms with Crippen LogP contribution in [0.4, 0.5) is 5.95 Å². The molecule has 0 fully saturated rings. The van der Waals surface area contributed by atoms with Crippen molar-refractivity contribution in [1.82, 2.24) is 14.3 Å². The molecule has 2 aromatic heterocycles. The summed E-state index contributed by atoms with van der Waals surface area (Å²) in [5.74, 6) is 0.356. The summed E-state index contributed by atoms with van der Waals surface area (Å²) in [6.07, 6.45) is 4.30. The molecule has 2 N–H and O–H groups in total. The van der Waals surface area contributed by atoms with E-state index >= 15 is 0 Å². The van der Waals surface area contributed by atoms with E-state index in [0.717, 1.165) is 11.4 Å². The predicted molar refractivity (Wildman–Crippen MR) is 51.4 cm³/mol. The maximum absolute atomic E-state index is 5.41. The first-order chi connectivity index (χ1) is 6.34. The van der Waals surface area contributed by atoms with Gasteiger partial charge in [0.15, 0.2) is 0 Å². The largest absolute Gasteiger partial charge is 0.367 e. The lowest BCUT2D eigenvalue weighted by Crippen LogP contribution is -1.89. The zero-order valence-corrected chi connectivity index (χ0v) is 7.66. The van der Waals surface area contributed by atoms with Gasteiger partial charge in [0.05, 0.1) is 0 Å².